The monoisotopic (exact) mass is 344 g/mol. The van der Waals surface area contributed by atoms with E-state index in [1.807, 2.05) is 58.0 Å². The van der Waals surface area contributed by atoms with E-state index in [-0.39, 0.29) is 11.9 Å². The molecule has 2 rings (SSSR count). The summed E-state index contributed by atoms with van der Waals surface area (Å²) in [5.74, 6) is 1.44. The average Bonchev–Trinajstić information content (AvgIpc) is 2.85. The molecule has 2 unspecified atom stereocenters. The minimum atomic E-state index is -1.05. The van der Waals surface area contributed by atoms with Crippen molar-refractivity contribution < 1.29 is 14.3 Å². The number of hydrogen-bond donors (Lipinski definition) is 3. The molecule has 136 valence electrons. The standard InChI is InChI=1S/C20H28N2O3/c1-13-7-6-8-17(9-13)22-19(23)10-14(2)21-12-20(5,24)18-11-15(3)25-16(18)4/h6-9,11,14,21,24H,10,12H2,1-5H3,(H,22,23). The summed E-state index contributed by atoms with van der Waals surface area (Å²) >= 11 is 0. The van der Waals surface area contributed by atoms with E-state index in [0.717, 1.165) is 22.6 Å². The van der Waals surface area contributed by atoms with Crippen LogP contribution in [0.25, 0.3) is 0 Å². The highest BCUT2D eigenvalue weighted by molar-refractivity contribution is 5.91. The van der Waals surface area contributed by atoms with Crippen LogP contribution in [0, 0.1) is 20.8 Å². The molecule has 0 aliphatic carbocycles. The number of furan rings is 1. The summed E-state index contributed by atoms with van der Waals surface area (Å²) in [6.45, 7) is 9.71. The number of benzene rings is 1. The number of carbonyl (C=O) groups excluding carboxylic acids is 1. The van der Waals surface area contributed by atoms with Crippen molar-refractivity contribution in [3.05, 3.63) is 53.0 Å². The summed E-state index contributed by atoms with van der Waals surface area (Å²) in [4.78, 5) is 12.2. The van der Waals surface area contributed by atoms with Gasteiger partial charge in [0.1, 0.15) is 17.1 Å². The Morgan fingerprint density at radius 3 is 2.60 bits per heavy atom. The van der Waals surface area contributed by atoms with Crippen LogP contribution >= 0.6 is 0 Å². The molecule has 1 amide bonds. The van der Waals surface area contributed by atoms with Gasteiger partial charge in [-0.1, -0.05) is 12.1 Å². The van der Waals surface area contributed by atoms with Crippen molar-refractivity contribution in [1.82, 2.24) is 5.32 Å². The smallest absolute Gasteiger partial charge is 0.225 e. The van der Waals surface area contributed by atoms with Gasteiger partial charge >= 0.3 is 0 Å². The summed E-state index contributed by atoms with van der Waals surface area (Å²) in [6, 6.07) is 9.50. The number of aryl methyl sites for hydroxylation is 3. The van der Waals surface area contributed by atoms with Gasteiger partial charge in [0.15, 0.2) is 0 Å². The van der Waals surface area contributed by atoms with E-state index in [4.69, 9.17) is 4.42 Å². The van der Waals surface area contributed by atoms with E-state index in [2.05, 4.69) is 10.6 Å². The molecular weight excluding hydrogens is 316 g/mol. The highest BCUT2D eigenvalue weighted by Crippen LogP contribution is 2.26. The zero-order chi connectivity index (χ0) is 18.6. The van der Waals surface area contributed by atoms with Gasteiger partial charge in [0, 0.05) is 30.3 Å². The van der Waals surface area contributed by atoms with Crippen molar-refractivity contribution in [2.45, 2.75) is 52.7 Å². The molecule has 1 aromatic heterocycles. The van der Waals surface area contributed by atoms with Gasteiger partial charge in [-0.25, -0.2) is 0 Å². The number of carbonyl (C=O) groups is 1. The van der Waals surface area contributed by atoms with Crippen molar-refractivity contribution >= 4 is 11.6 Å². The van der Waals surface area contributed by atoms with Gasteiger partial charge in [-0.05, 0) is 58.4 Å². The van der Waals surface area contributed by atoms with Crippen LogP contribution in [0.2, 0.25) is 0 Å². The van der Waals surface area contributed by atoms with E-state index in [1.165, 1.54) is 0 Å². The SMILES string of the molecule is Cc1cccc(NC(=O)CC(C)NCC(C)(O)c2cc(C)oc2C)c1. The molecule has 0 spiro atoms. The van der Waals surface area contributed by atoms with Gasteiger partial charge in [-0.3, -0.25) is 4.79 Å². The van der Waals surface area contributed by atoms with Crippen molar-refractivity contribution in [2.75, 3.05) is 11.9 Å². The van der Waals surface area contributed by atoms with Gasteiger partial charge in [0.05, 0.1) is 0 Å². The van der Waals surface area contributed by atoms with E-state index < -0.39 is 5.60 Å². The molecule has 2 aromatic rings. The van der Waals surface area contributed by atoms with Crippen LogP contribution in [0.5, 0.6) is 0 Å². The van der Waals surface area contributed by atoms with Crippen LogP contribution in [0.1, 0.15) is 42.9 Å². The predicted octanol–water partition coefficient (Wildman–Crippen LogP) is 3.42. The van der Waals surface area contributed by atoms with Crippen LogP contribution in [0.15, 0.2) is 34.7 Å². The van der Waals surface area contributed by atoms with E-state index in [1.54, 1.807) is 6.92 Å². The number of hydrogen-bond acceptors (Lipinski definition) is 4. The van der Waals surface area contributed by atoms with Crippen molar-refractivity contribution in [3.8, 4) is 0 Å². The van der Waals surface area contributed by atoms with E-state index in [9.17, 15) is 9.90 Å². The number of rotatable bonds is 7. The zero-order valence-electron chi connectivity index (χ0n) is 15.6. The Hall–Kier alpha value is -2.11. The second-order valence-electron chi connectivity index (χ2n) is 7.00. The Labute approximate surface area is 149 Å². The van der Waals surface area contributed by atoms with Gasteiger partial charge in [0.2, 0.25) is 5.91 Å². The maximum absolute atomic E-state index is 12.2. The van der Waals surface area contributed by atoms with Crippen LogP contribution in [-0.4, -0.2) is 23.6 Å². The van der Waals surface area contributed by atoms with Crippen LogP contribution < -0.4 is 10.6 Å². The van der Waals surface area contributed by atoms with E-state index >= 15 is 0 Å². The molecule has 1 aromatic carbocycles. The van der Waals surface area contributed by atoms with Crippen molar-refractivity contribution in [2.24, 2.45) is 0 Å². The third-order valence-corrected chi connectivity index (χ3v) is 4.21. The summed E-state index contributed by atoms with van der Waals surface area (Å²) in [7, 11) is 0. The summed E-state index contributed by atoms with van der Waals surface area (Å²) in [5, 5.41) is 16.8. The fraction of sp³-hybridized carbons (Fsp3) is 0.450. The largest absolute Gasteiger partial charge is 0.466 e. The van der Waals surface area contributed by atoms with Crippen molar-refractivity contribution in [1.29, 1.82) is 0 Å². The second kappa shape index (κ2) is 7.85. The Morgan fingerprint density at radius 2 is 2.00 bits per heavy atom. The highest BCUT2D eigenvalue weighted by atomic mass is 16.3. The quantitative estimate of drug-likeness (QED) is 0.719. The first-order chi connectivity index (χ1) is 11.7. The summed E-state index contributed by atoms with van der Waals surface area (Å²) in [5.41, 5.74) is 1.62. The van der Waals surface area contributed by atoms with Crippen LogP contribution in [-0.2, 0) is 10.4 Å². The Bertz CT molecular complexity index is 734. The molecule has 0 saturated heterocycles. The molecule has 0 fully saturated rings. The number of amides is 1. The topological polar surface area (TPSA) is 74.5 Å². The molecule has 25 heavy (non-hydrogen) atoms. The summed E-state index contributed by atoms with van der Waals surface area (Å²) in [6.07, 6.45) is 0.327. The lowest BCUT2D eigenvalue weighted by atomic mass is 9.96. The van der Waals surface area contributed by atoms with Crippen LogP contribution in [0.4, 0.5) is 5.69 Å². The Morgan fingerprint density at radius 1 is 1.28 bits per heavy atom. The average molecular weight is 344 g/mol. The minimum absolute atomic E-state index is 0.0550. The maximum atomic E-state index is 12.2. The van der Waals surface area contributed by atoms with Gasteiger partial charge in [0.25, 0.3) is 0 Å². The Balaban J connectivity index is 1.86. The third-order valence-electron chi connectivity index (χ3n) is 4.21. The molecule has 5 nitrogen and oxygen atoms in total. The normalized spacial score (nSPS) is 14.8. The molecule has 1 heterocycles. The molecule has 0 aliphatic heterocycles. The first-order valence-corrected chi connectivity index (χ1v) is 8.57. The summed E-state index contributed by atoms with van der Waals surface area (Å²) < 4.78 is 5.50. The van der Waals surface area contributed by atoms with Crippen LogP contribution in [0.3, 0.4) is 0 Å². The molecule has 0 bridgehead atoms. The molecular formula is C20H28N2O3. The fourth-order valence-electron chi connectivity index (χ4n) is 2.92. The second-order valence-corrected chi connectivity index (χ2v) is 7.00. The number of aliphatic hydroxyl groups is 1. The molecule has 0 radical (unpaired) electrons. The third kappa shape index (κ3) is 5.44. The lowest BCUT2D eigenvalue weighted by Gasteiger charge is -2.25. The fourth-order valence-corrected chi connectivity index (χ4v) is 2.92. The number of anilines is 1. The maximum Gasteiger partial charge on any atom is 0.225 e. The van der Waals surface area contributed by atoms with Crippen molar-refractivity contribution in [3.63, 3.8) is 0 Å². The number of nitrogens with one attached hydrogen (secondary N) is 2. The Kier molecular flexibility index (Phi) is 6.03. The van der Waals surface area contributed by atoms with Gasteiger partial charge in [-0.15, -0.1) is 0 Å². The predicted molar refractivity (Wildman–Crippen MR) is 99.6 cm³/mol. The zero-order valence-corrected chi connectivity index (χ0v) is 15.6. The molecule has 0 saturated carbocycles. The van der Waals surface area contributed by atoms with E-state index in [0.29, 0.717) is 18.7 Å². The first-order valence-electron chi connectivity index (χ1n) is 8.57. The molecule has 2 atom stereocenters. The molecule has 0 aliphatic rings. The first kappa shape index (κ1) is 19.2. The molecule has 5 heteroatoms. The lowest BCUT2D eigenvalue weighted by Crippen LogP contribution is -2.41. The van der Waals surface area contributed by atoms with Gasteiger partial charge in [-0.2, -0.15) is 0 Å². The lowest BCUT2D eigenvalue weighted by molar-refractivity contribution is -0.116. The minimum Gasteiger partial charge on any atom is -0.466 e. The molecule has 3 N–H and O–H groups in total. The highest BCUT2D eigenvalue weighted by Gasteiger charge is 2.28. The van der Waals surface area contributed by atoms with Gasteiger partial charge < -0.3 is 20.2 Å².